The van der Waals surface area contributed by atoms with Crippen LogP contribution >= 0.6 is 11.3 Å². The molecule has 1 amide bonds. The number of likely N-dealkylation sites (tertiary alicyclic amines) is 1. The Hall–Kier alpha value is -1.67. The summed E-state index contributed by atoms with van der Waals surface area (Å²) < 4.78 is 0. The normalized spacial score (nSPS) is 19.1. The molecule has 3 heterocycles. The molecule has 0 spiro atoms. The molecule has 0 unspecified atom stereocenters. The lowest BCUT2D eigenvalue weighted by Crippen LogP contribution is -2.54. The van der Waals surface area contributed by atoms with Crippen molar-refractivity contribution in [1.29, 1.82) is 0 Å². The maximum absolute atomic E-state index is 12.4. The number of piperazine rings is 1. The molecular formula is C21H36N6OS. The number of rotatable bonds is 5. The van der Waals surface area contributed by atoms with E-state index < -0.39 is 0 Å². The summed E-state index contributed by atoms with van der Waals surface area (Å²) in [7, 11) is 1.84. The lowest BCUT2D eigenvalue weighted by Gasteiger charge is -2.36. The molecule has 2 aliphatic heterocycles. The minimum atomic E-state index is 0.105. The number of hydrogen-bond acceptors (Lipinski definition) is 5. The second-order valence-corrected chi connectivity index (χ2v) is 9.89. The molecule has 0 aliphatic carbocycles. The summed E-state index contributed by atoms with van der Waals surface area (Å²) in [5, 5.41) is 6.83. The third-order valence-corrected chi connectivity index (χ3v) is 6.55. The van der Waals surface area contributed by atoms with Gasteiger partial charge >= 0.3 is 0 Å². The van der Waals surface area contributed by atoms with Crippen molar-refractivity contribution in [2.45, 2.75) is 45.4 Å². The molecule has 3 rings (SSSR count). The molecule has 1 aromatic heterocycles. The van der Waals surface area contributed by atoms with Crippen LogP contribution in [0.2, 0.25) is 0 Å². The number of nitrogens with one attached hydrogen (secondary N) is 1. The quantitative estimate of drug-likeness (QED) is 0.581. The Morgan fingerprint density at radius 3 is 2.41 bits per heavy atom. The lowest BCUT2D eigenvalue weighted by molar-refractivity contribution is -0.131. The van der Waals surface area contributed by atoms with Crippen molar-refractivity contribution in [1.82, 2.24) is 25.0 Å². The Morgan fingerprint density at radius 2 is 1.83 bits per heavy atom. The molecule has 29 heavy (non-hydrogen) atoms. The van der Waals surface area contributed by atoms with Gasteiger partial charge in [0, 0.05) is 70.1 Å². The van der Waals surface area contributed by atoms with E-state index in [9.17, 15) is 4.79 Å². The van der Waals surface area contributed by atoms with Gasteiger partial charge in [0.15, 0.2) is 5.96 Å². The summed E-state index contributed by atoms with van der Waals surface area (Å²) in [6.45, 7) is 13.5. The highest BCUT2D eigenvalue weighted by Gasteiger charge is 2.24. The van der Waals surface area contributed by atoms with E-state index in [1.54, 1.807) is 11.3 Å². The summed E-state index contributed by atoms with van der Waals surface area (Å²) in [5.41, 5.74) is 1.27. The molecule has 2 aliphatic rings. The van der Waals surface area contributed by atoms with Crippen LogP contribution in [-0.4, -0.2) is 91.0 Å². The predicted octanol–water partition coefficient (Wildman–Crippen LogP) is 1.80. The molecule has 1 N–H and O–H groups in total. The number of guanidine groups is 1. The third-order valence-electron chi connectivity index (χ3n) is 5.64. The highest BCUT2D eigenvalue weighted by Crippen LogP contribution is 2.23. The molecule has 2 saturated heterocycles. The van der Waals surface area contributed by atoms with Crippen LogP contribution in [-0.2, 0) is 16.6 Å². The molecule has 0 radical (unpaired) electrons. The third kappa shape index (κ3) is 6.15. The Bertz CT molecular complexity index is 696. The van der Waals surface area contributed by atoms with Crippen molar-refractivity contribution in [3.05, 3.63) is 16.1 Å². The van der Waals surface area contributed by atoms with Gasteiger partial charge < -0.3 is 15.1 Å². The van der Waals surface area contributed by atoms with E-state index in [2.05, 4.69) is 46.3 Å². The van der Waals surface area contributed by atoms with Crippen molar-refractivity contribution in [2.75, 3.05) is 59.4 Å². The van der Waals surface area contributed by atoms with E-state index >= 15 is 0 Å². The molecule has 1 aromatic rings. The standard InChI is InChI=1S/C21H36N6OS/c1-21(2,3)17-16-29-18(24-17)7-8-23-20(22-4)27-13-11-25(12-14-27)15-19(28)26-9-5-6-10-26/h16H,5-15H2,1-4H3,(H,22,23). The number of thiazole rings is 1. The van der Waals surface area contributed by atoms with Crippen molar-refractivity contribution in [3.63, 3.8) is 0 Å². The van der Waals surface area contributed by atoms with E-state index in [0.29, 0.717) is 6.54 Å². The average molecular weight is 421 g/mol. The first-order valence-electron chi connectivity index (χ1n) is 10.8. The van der Waals surface area contributed by atoms with Crippen molar-refractivity contribution in [2.24, 2.45) is 4.99 Å². The average Bonchev–Trinajstić information content (AvgIpc) is 3.38. The summed E-state index contributed by atoms with van der Waals surface area (Å²) >= 11 is 1.74. The molecule has 0 aromatic carbocycles. The van der Waals surface area contributed by atoms with Gasteiger partial charge in [-0.05, 0) is 12.8 Å². The number of hydrogen-bond donors (Lipinski definition) is 1. The van der Waals surface area contributed by atoms with Gasteiger partial charge in [0.1, 0.15) is 0 Å². The highest BCUT2D eigenvalue weighted by molar-refractivity contribution is 7.09. The number of nitrogens with zero attached hydrogens (tertiary/aromatic N) is 5. The molecule has 0 bridgehead atoms. The van der Waals surface area contributed by atoms with Gasteiger partial charge in [0.25, 0.3) is 0 Å². The second kappa shape index (κ2) is 9.89. The SMILES string of the molecule is CN=C(NCCc1nc(C(C)(C)C)cs1)N1CCN(CC(=O)N2CCCC2)CC1. The zero-order valence-corrected chi connectivity index (χ0v) is 19.2. The Kier molecular flexibility index (Phi) is 7.51. The lowest BCUT2D eigenvalue weighted by atomic mass is 9.93. The smallest absolute Gasteiger partial charge is 0.236 e. The number of aliphatic imine (C=N–C) groups is 1. The first kappa shape index (κ1) is 22.0. The van der Waals surface area contributed by atoms with Crippen molar-refractivity contribution >= 4 is 23.2 Å². The summed E-state index contributed by atoms with van der Waals surface area (Å²) in [4.78, 5) is 28.2. The fourth-order valence-corrected chi connectivity index (χ4v) is 4.78. The van der Waals surface area contributed by atoms with E-state index in [-0.39, 0.29) is 11.3 Å². The number of carbonyl (C=O) groups excluding carboxylic acids is 1. The van der Waals surface area contributed by atoms with E-state index in [1.807, 2.05) is 11.9 Å². The Balaban J connectivity index is 1.39. The number of aromatic nitrogens is 1. The molecule has 0 atom stereocenters. The molecule has 8 heteroatoms. The fraction of sp³-hybridized carbons (Fsp3) is 0.762. The van der Waals surface area contributed by atoms with Crippen molar-refractivity contribution < 1.29 is 4.79 Å². The number of amides is 1. The summed E-state index contributed by atoms with van der Waals surface area (Å²) in [5.74, 6) is 1.24. The molecule has 2 fully saturated rings. The Labute approximate surface area is 179 Å². The monoisotopic (exact) mass is 420 g/mol. The van der Waals surface area contributed by atoms with Gasteiger partial charge in [-0.15, -0.1) is 11.3 Å². The minimum absolute atomic E-state index is 0.105. The minimum Gasteiger partial charge on any atom is -0.356 e. The van der Waals surface area contributed by atoms with Crippen molar-refractivity contribution in [3.8, 4) is 0 Å². The van der Waals surface area contributed by atoms with Gasteiger partial charge in [0.05, 0.1) is 17.2 Å². The largest absolute Gasteiger partial charge is 0.356 e. The Morgan fingerprint density at radius 1 is 1.14 bits per heavy atom. The maximum atomic E-state index is 12.4. The van der Waals surface area contributed by atoms with Gasteiger partial charge in [0.2, 0.25) is 5.91 Å². The van der Waals surface area contributed by atoms with Gasteiger partial charge in [-0.1, -0.05) is 20.8 Å². The van der Waals surface area contributed by atoms with E-state index in [0.717, 1.165) is 71.0 Å². The van der Waals surface area contributed by atoms with Crippen LogP contribution in [0.1, 0.15) is 44.3 Å². The topological polar surface area (TPSA) is 64.1 Å². The van der Waals surface area contributed by atoms with Gasteiger partial charge in [-0.3, -0.25) is 14.7 Å². The first-order valence-corrected chi connectivity index (χ1v) is 11.7. The molecule has 162 valence electrons. The summed E-state index contributed by atoms with van der Waals surface area (Å²) in [6, 6.07) is 0. The van der Waals surface area contributed by atoms with Gasteiger partial charge in [-0.2, -0.15) is 0 Å². The van der Waals surface area contributed by atoms with Crippen LogP contribution in [0.3, 0.4) is 0 Å². The van der Waals surface area contributed by atoms with E-state index in [1.165, 1.54) is 10.7 Å². The van der Waals surface area contributed by atoms with Gasteiger partial charge in [-0.25, -0.2) is 4.98 Å². The second-order valence-electron chi connectivity index (χ2n) is 8.95. The van der Waals surface area contributed by atoms with Crippen LogP contribution < -0.4 is 5.32 Å². The van der Waals surface area contributed by atoms with Crippen LogP contribution in [0.25, 0.3) is 0 Å². The van der Waals surface area contributed by atoms with Crippen LogP contribution in [0.5, 0.6) is 0 Å². The van der Waals surface area contributed by atoms with Crippen LogP contribution in [0.4, 0.5) is 0 Å². The zero-order chi connectivity index (χ0) is 20.9. The predicted molar refractivity (Wildman–Crippen MR) is 120 cm³/mol. The zero-order valence-electron chi connectivity index (χ0n) is 18.4. The number of carbonyl (C=O) groups is 1. The molecular weight excluding hydrogens is 384 g/mol. The van der Waals surface area contributed by atoms with Crippen LogP contribution in [0, 0.1) is 0 Å². The molecule has 7 nitrogen and oxygen atoms in total. The first-order chi connectivity index (χ1) is 13.9. The summed E-state index contributed by atoms with van der Waals surface area (Å²) in [6.07, 6.45) is 3.21. The molecule has 0 saturated carbocycles. The fourth-order valence-electron chi connectivity index (χ4n) is 3.76. The highest BCUT2D eigenvalue weighted by atomic mass is 32.1. The van der Waals surface area contributed by atoms with E-state index in [4.69, 9.17) is 4.98 Å². The maximum Gasteiger partial charge on any atom is 0.236 e. The van der Waals surface area contributed by atoms with Crippen LogP contribution in [0.15, 0.2) is 10.4 Å².